The minimum atomic E-state index is 0.137. The number of amides is 1. The molecular weight excluding hydrogens is 164 g/mol. The Morgan fingerprint density at radius 2 is 1.77 bits per heavy atom. The molecule has 78 valence electrons. The third-order valence-electron chi connectivity index (χ3n) is 2.03. The molecule has 0 saturated heterocycles. The monoisotopic (exact) mass is 186 g/mol. The van der Waals surface area contributed by atoms with Gasteiger partial charge in [-0.1, -0.05) is 13.8 Å². The predicted octanol–water partition coefficient (Wildman–Crippen LogP) is 1.05. The summed E-state index contributed by atoms with van der Waals surface area (Å²) >= 11 is 0. The van der Waals surface area contributed by atoms with Gasteiger partial charge in [0, 0.05) is 33.6 Å². The molecule has 0 N–H and O–H groups in total. The second kappa shape index (κ2) is 5.97. The van der Waals surface area contributed by atoms with Gasteiger partial charge < -0.3 is 9.80 Å². The topological polar surface area (TPSA) is 23.6 Å². The van der Waals surface area contributed by atoms with E-state index in [1.165, 1.54) is 0 Å². The van der Waals surface area contributed by atoms with E-state index in [4.69, 9.17) is 0 Å². The number of hydrogen-bond acceptors (Lipinski definition) is 2. The van der Waals surface area contributed by atoms with Crippen molar-refractivity contribution < 1.29 is 4.79 Å². The average Bonchev–Trinajstić information content (AvgIpc) is 1.98. The van der Waals surface area contributed by atoms with Gasteiger partial charge in [0.1, 0.15) is 0 Å². The quantitative estimate of drug-likeness (QED) is 0.641. The van der Waals surface area contributed by atoms with Crippen molar-refractivity contribution in [1.82, 2.24) is 9.80 Å². The first kappa shape index (κ1) is 12.4. The van der Waals surface area contributed by atoms with Gasteiger partial charge in [-0.3, -0.25) is 4.79 Å². The lowest BCUT2D eigenvalue weighted by molar-refractivity contribution is -0.127. The zero-order valence-corrected chi connectivity index (χ0v) is 9.50. The van der Waals surface area contributed by atoms with Crippen molar-refractivity contribution in [3.05, 3.63) is 0 Å². The highest BCUT2D eigenvalue weighted by atomic mass is 16.2. The molecule has 0 rings (SSSR count). The molecule has 0 aromatic rings. The molecule has 0 radical (unpaired) electrons. The van der Waals surface area contributed by atoms with Crippen LogP contribution in [0.1, 0.15) is 20.8 Å². The zero-order chi connectivity index (χ0) is 10.4. The van der Waals surface area contributed by atoms with Crippen molar-refractivity contribution in [1.29, 1.82) is 0 Å². The van der Waals surface area contributed by atoms with Crippen molar-refractivity contribution in [2.24, 2.45) is 5.92 Å². The van der Waals surface area contributed by atoms with Gasteiger partial charge in [0.15, 0.2) is 0 Å². The molecule has 0 bridgehead atoms. The van der Waals surface area contributed by atoms with E-state index in [1.54, 1.807) is 11.8 Å². The Morgan fingerprint density at radius 3 is 2.15 bits per heavy atom. The minimum Gasteiger partial charge on any atom is -0.345 e. The lowest BCUT2D eigenvalue weighted by atomic mass is 10.2. The van der Waals surface area contributed by atoms with E-state index >= 15 is 0 Å². The van der Waals surface area contributed by atoms with Crippen molar-refractivity contribution >= 4 is 5.91 Å². The molecule has 0 fully saturated rings. The van der Waals surface area contributed by atoms with Crippen LogP contribution in [0.5, 0.6) is 0 Å². The van der Waals surface area contributed by atoms with Crippen LogP contribution in [-0.2, 0) is 4.79 Å². The van der Waals surface area contributed by atoms with Crippen LogP contribution in [0.3, 0.4) is 0 Å². The summed E-state index contributed by atoms with van der Waals surface area (Å²) in [7, 11) is 3.93. The maximum atomic E-state index is 10.9. The first-order chi connectivity index (χ1) is 5.93. The first-order valence-corrected chi connectivity index (χ1v) is 4.83. The van der Waals surface area contributed by atoms with Crippen LogP contribution in [0.25, 0.3) is 0 Å². The maximum absolute atomic E-state index is 10.9. The van der Waals surface area contributed by atoms with Crippen molar-refractivity contribution in [2.45, 2.75) is 20.8 Å². The average molecular weight is 186 g/mol. The standard InChI is InChI=1S/C10H22N2O/c1-9(2)8-11(4)6-7-12(5)10(3)13/h9H,6-8H2,1-5H3. The summed E-state index contributed by atoms with van der Waals surface area (Å²) < 4.78 is 0. The van der Waals surface area contributed by atoms with E-state index in [1.807, 2.05) is 7.05 Å². The van der Waals surface area contributed by atoms with E-state index in [0.717, 1.165) is 19.6 Å². The zero-order valence-electron chi connectivity index (χ0n) is 9.50. The Labute approximate surface area is 81.7 Å². The fraction of sp³-hybridized carbons (Fsp3) is 0.900. The van der Waals surface area contributed by atoms with E-state index in [2.05, 4.69) is 25.8 Å². The molecule has 1 amide bonds. The number of nitrogens with zero attached hydrogens (tertiary/aromatic N) is 2. The molecule has 0 atom stereocenters. The highest BCUT2D eigenvalue weighted by molar-refractivity contribution is 5.72. The maximum Gasteiger partial charge on any atom is 0.219 e. The van der Waals surface area contributed by atoms with Crippen LogP contribution >= 0.6 is 0 Å². The van der Waals surface area contributed by atoms with Crippen LogP contribution in [0.2, 0.25) is 0 Å². The van der Waals surface area contributed by atoms with E-state index in [0.29, 0.717) is 5.92 Å². The minimum absolute atomic E-state index is 0.137. The smallest absolute Gasteiger partial charge is 0.219 e. The number of carbonyl (C=O) groups is 1. The summed E-state index contributed by atoms with van der Waals surface area (Å²) in [5.41, 5.74) is 0. The van der Waals surface area contributed by atoms with Crippen LogP contribution in [0, 0.1) is 5.92 Å². The number of carbonyl (C=O) groups excluding carboxylic acids is 1. The van der Waals surface area contributed by atoms with Gasteiger partial charge in [0.2, 0.25) is 5.91 Å². The predicted molar refractivity (Wildman–Crippen MR) is 55.6 cm³/mol. The van der Waals surface area contributed by atoms with Crippen molar-refractivity contribution in [3.8, 4) is 0 Å². The highest BCUT2D eigenvalue weighted by Gasteiger charge is 2.05. The number of likely N-dealkylation sites (N-methyl/N-ethyl adjacent to an activating group) is 2. The Kier molecular flexibility index (Phi) is 5.71. The molecule has 0 aromatic heterocycles. The molecule has 3 nitrogen and oxygen atoms in total. The van der Waals surface area contributed by atoms with Crippen molar-refractivity contribution in [2.75, 3.05) is 33.7 Å². The van der Waals surface area contributed by atoms with Gasteiger partial charge in [-0.25, -0.2) is 0 Å². The molecule has 0 aliphatic rings. The Hall–Kier alpha value is -0.570. The normalized spacial score (nSPS) is 11.0. The van der Waals surface area contributed by atoms with Gasteiger partial charge in [-0.05, 0) is 13.0 Å². The summed E-state index contributed by atoms with van der Waals surface area (Å²) in [4.78, 5) is 14.9. The largest absolute Gasteiger partial charge is 0.345 e. The van der Waals surface area contributed by atoms with E-state index in [-0.39, 0.29) is 5.91 Å². The molecule has 0 heterocycles. The molecule has 0 saturated carbocycles. The highest BCUT2D eigenvalue weighted by Crippen LogP contribution is 1.95. The molecule has 13 heavy (non-hydrogen) atoms. The molecule has 0 aliphatic carbocycles. The summed E-state index contributed by atoms with van der Waals surface area (Å²) in [6.07, 6.45) is 0. The molecule has 0 aromatic carbocycles. The second-order valence-corrected chi connectivity index (χ2v) is 4.10. The Morgan fingerprint density at radius 1 is 1.23 bits per heavy atom. The molecule has 0 unspecified atom stereocenters. The van der Waals surface area contributed by atoms with E-state index < -0.39 is 0 Å². The number of rotatable bonds is 5. The molecule has 0 spiro atoms. The summed E-state index contributed by atoms with van der Waals surface area (Å²) in [5, 5.41) is 0. The summed E-state index contributed by atoms with van der Waals surface area (Å²) in [6, 6.07) is 0. The van der Waals surface area contributed by atoms with Gasteiger partial charge in [0.25, 0.3) is 0 Å². The van der Waals surface area contributed by atoms with Crippen LogP contribution in [0.15, 0.2) is 0 Å². The van der Waals surface area contributed by atoms with Crippen molar-refractivity contribution in [3.63, 3.8) is 0 Å². The number of hydrogen-bond donors (Lipinski definition) is 0. The fourth-order valence-corrected chi connectivity index (χ4v) is 1.19. The SMILES string of the molecule is CC(=O)N(C)CCN(C)CC(C)C. The Bertz CT molecular complexity index is 157. The molecule has 3 heteroatoms. The second-order valence-electron chi connectivity index (χ2n) is 4.10. The summed E-state index contributed by atoms with van der Waals surface area (Å²) in [5.74, 6) is 0.825. The third kappa shape index (κ3) is 6.58. The van der Waals surface area contributed by atoms with E-state index in [9.17, 15) is 4.79 Å². The lowest BCUT2D eigenvalue weighted by Crippen LogP contribution is -2.34. The van der Waals surface area contributed by atoms with Gasteiger partial charge in [0.05, 0.1) is 0 Å². The summed E-state index contributed by atoms with van der Waals surface area (Å²) in [6.45, 7) is 8.86. The first-order valence-electron chi connectivity index (χ1n) is 4.83. The molecular formula is C10H22N2O. The van der Waals surface area contributed by atoms with Gasteiger partial charge in [-0.2, -0.15) is 0 Å². The van der Waals surface area contributed by atoms with Gasteiger partial charge in [-0.15, -0.1) is 0 Å². The third-order valence-corrected chi connectivity index (χ3v) is 2.03. The van der Waals surface area contributed by atoms with Crippen LogP contribution < -0.4 is 0 Å². The van der Waals surface area contributed by atoms with Gasteiger partial charge >= 0.3 is 0 Å². The van der Waals surface area contributed by atoms with Crippen LogP contribution in [0.4, 0.5) is 0 Å². The fourth-order valence-electron chi connectivity index (χ4n) is 1.19. The Balaban J connectivity index is 3.57. The van der Waals surface area contributed by atoms with Crippen LogP contribution in [-0.4, -0.2) is 49.4 Å². The lowest BCUT2D eigenvalue weighted by Gasteiger charge is -2.22. The molecule has 0 aliphatic heterocycles.